The van der Waals surface area contributed by atoms with Crippen LogP contribution in [0.4, 0.5) is 0 Å². The van der Waals surface area contributed by atoms with Crippen molar-refractivity contribution in [3.8, 4) is 24.2 Å². The molecule has 1 aromatic carbocycles. The lowest BCUT2D eigenvalue weighted by Gasteiger charge is -2.02. The van der Waals surface area contributed by atoms with Gasteiger partial charge in [0.25, 0.3) is 0 Å². The molecule has 3 nitrogen and oxygen atoms in total. The van der Waals surface area contributed by atoms with Gasteiger partial charge in [0.1, 0.15) is 18.4 Å². The van der Waals surface area contributed by atoms with E-state index >= 15 is 0 Å². The van der Waals surface area contributed by atoms with Gasteiger partial charge in [-0.2, -0.15) is 5.26 Å². The van der Waals surface area contributed by atoms with E-state index in [2.05, 4.69) is 17.0 Å². The fraction of sp³-hybridized carbons (Fsp3) is 0.0588. The predicted octanol–water partition coefficient (Wildman–Crippen LogP) is 3.16. The average Bonchev–Trinajstić information content (AvgIpc) is 2.52. The Morgan fingerprint density at radius 1 is 1.25 bits per heavy atom. The summed E-state index contributed by atoms with van der Waals surface area (Å²) in [7, 11) is 0. The Labute approximate surface area is 118 Å². The molecule has 0 aliphatic rings. The van der Waals surface area contributed by atoms with Crippen LogP contribution in [0.5, 0.6) is 5.75 Å². The van der Waals surface area contributed by atoms with Crippen LogP contribution in [0, 0.1) is 23.7 Å². The van der Waals surface area contributed by atoms with Crippen LogP contribution in [0.3, 0.4) is 0 Å². The Hall–Kier alpha value is -3.04. The van der Waals surface area contributed by atoms with E-state index in [0.717, 1.165) is 5.56 Å². The molecule has 0 fully saturated rings. The predicted molar refractivity (Wildman–Crippen MR) is 78.5 cm³/mol. The van der Waals surface area contributed by atoms with Crippen molar-refractivity contribution in [3.63, 3.8) is 0 Å². The van der Waals surface area contributed by atoms with E-state index in [9.17, 15) is 5.26 Å². The number of rotatable bonds is 4. The molecule has 1 aromatic heterocycles. The highest BCUT2D eigenvalue weighted by atomic mass is 16.5. The third-order valence-corrected chi connectivity index (χ3v) is 2.57. The first-order valence-electron chi connectivity index (χ1n) is 6.03. The van der Waals surface area contributed by atoms with Crippen molar-refractivity contribution in [1.82, 2.24) is 4.98 Å². The second-order valence-corrected chi connectivity index (χ2v) is 3.95. The Kier molecular flexibility index (Phi) is 4.54. The number of hydrogen-bond donors (Lipinski definition) is 0. The molecule has 2 rings (SSSR count). The van der Waals surface area contributed by atoms with Crippen molar-refractivity contribution in [2.75, 3.05) is 6.61 Å². The number of allylic oxidation sites excluding steroid dienone is 1. The lowest BCUT2D eigenvalue weighted by molar-refractivity contribution is 0.370. The van der Waals surface area contributed by atoms with E-state index in [-0.39, 0.29) is 6.61 Å². The first kappa shape index (κ1) is 13.4. The van der Waals surface area contributed by atoms with Crippen LogP contribution in [0.2, 0.25) is 0 Å². The number of benzene rings is 1. The number of terminal acetylenes is 1. The Morgan fingerprint density at radius 2 is 2.05 bits per heavy atom. The maximum absolute atomic E-state index is 9.21. The van der Waals surface area contributed by atoms with E-state index in [1.54, 1.807) is 18.3 Å². The van der Waals surface area contributed by atoms with Crippen LogP contribution >= 0.6 is 0 Å². The average molecular weight is 260 g/mol. The third-order valence-electron chi connectivity index (χ3n) is 2.57. The zero-order valence-electron chi connectivity index (χ0n) is 10.8. The van der Waals surface area contributed by atoms with Crippen LogP contribution in [0.25, 0.3) is 11.6 Å². The van der Waals surface area contributed by atoms with Crippen LogP contribution in [-0.4, -0.2) is 11.6 Å². The molecule has 96 valence electrons. The number of nitrogens with zero attached hydrogens (tertiary/aromatic N) is 2. The molecule has 0 amide bonds. The van der Waals surface area contributed by atoms with Crippen molar-refractivity contribution in [3.05, 3.63) is 59.9 Å². The second kappa shape index (κ2) is 6.78. The summed E-state index contributed by atoms with van der Waals surface area (Å²) in [6, 6.07) is 15.0. The molecule has 0 aliphatic carbocycles. The monoisotopic (exact) mass is 260 g/mol. The van der Waals surface area contributed by atoms with Crippen molar-refractivity contribution < 1.29 is 4.74 Å². The van der Waals surface area contributed by atoms with Gasteiger partial charge in [0.15, 0.2) is 0 Å². The molecule has 0 saturated carbocycles. The molecule has 0 aliphatic heterocycles. The van der Waals surface area contributed by atoms with Gasteiger partial charge in [-0.25, -0.2) is 0 Å². The fourth-order valence-electron chi connectivity index (χ4n) is 1.64. The molecular weight excluding hydrogens is 248 g/mol. The van der Waals surface area contributed by atoms with Crippen molar-refractivity contribution in [2.24, 2.45) is 0 Å². The number of hydrogen-bond acceptors (Lipinski definition) is 3. The van der Waals surface area contributed by atoms with Gasteiger partial charge in [-0.15, -0.1) is 6.42 Å². The van der Waals surface area contributed by atoms with Gasteiger partial charge in [-0.1, -0.05) is 24.1 Å². The van der Waals surface area contributed by atoms with Gasteiger partial charge in [-0.3, -0.25) is 4.98 Å². The molecule has 0 N–H and O–H groups in total. The first-order chi connectivity index (χ1) is 9.83. The Bertz CT molecular complexity index is 674. The molecule has 0 radical (unpaired) electrons. The van der Waals surface area contributed by atoms with E-state index in [0.29, 0.717) is 17.0 Å². The zero-order valence-corrected chi connectivity index (χ0v) is 10.8. The van der Waals surface area contributed by atoms with E-state index in [4.69, 9.17) is 11.2 Å². The highest BCUT2D eigenvalue weighted by Gasteiger charge is 2.01. The van der Waals surface area contributed by atoms with Crippen molar-refractivity contribution in [2.45, 2.75) is 0 Å². The first-order valence-corrected chi connectivity index (χ1v) is 6.03. The fourth-order valence-corrected chi connectivity index (χ4v) is 1.64. The van der Waals surface area contributed by atoms with Gasteiger partial charge >= 0.3 is 0 Å². The minimum absolute atomic E-state index is 0.243. The van der Waals surface area contributed by atoms with Crippen molar-refractivity contribution >= 4 is 11.6 Å². The molecule has 0 saturated heterocycles. The molecular formula is C17H12N2O. The summed E-state index contributed by atoms with van der Waals surface area (Å²) in [6.07, 6.45) is 8.58. The van der Waals surface area contributed by atoms with Gasteiger partial charge in [-0.05, 0) is 35.9 Å². The minimum atomic E-state index is 0.243. The van der Waals surface area contributed by atoms with E-state index in [1.165, 1.54) is 0 Å². The summed E-state index contributed by atoms with van der Waals surface area (Å²) < 4.78 is 5.29. The number of aromatic nitrogens is 1. The van der Waals surface area contributed by atoms with Crippen LogP contribution in [0.1, 0.15) is 11.3 Å². The summed E-state index contributed by atoms with van der Waals surface area (Å²) in [5.74, 6) is 3.11. The van der Waals surface area contributed by atoms with Gasteiger partial charge in [0.05, 0.1) is 11.3 Å². The van der Waals surface area contributed by atoms with Gasteiger partial charge < -0.3 is 4.74 Å². The summed E-state index contributed by atoms with van der Waals surface area (Å²) in [5.41, 5.74) is 2.07. The lowest BCUT2D eigenvalue weighted by Crippen LogP contribution is -1.92. The van der Waals surface area contributed by atoms with Crippen LogP contribution in [0.15, 0.2) is 48.7 Å². The maximum Gasteiger partial charge on any atom is 0.148 e. The summed E-state index contributed by atoms with van der Waals surface area (Å²) in [4.78, 5) is 4.17. The third kappa shape index (κ3) is 3.48. The molecule has 1 heterocycles. The van der Waals surface area contributed by atoms with Crippen molar-refractivity contribution in [1.29, 1.82) is 5.26 Å². The molecule has 3 heteroatoms. The second-order valence-electron chi connectivity index (χ2n) is 3.95. The number of ether oxygens (including phenoxy) is 1. The van der Waals surface area contributed by atoms with E-state index < -0.39 is 0 Å². The topological polar surface area (TPSA) is 45.9 Å². The standard InChI is InChI=1S/C17H12N2O/c1-2-11-20-16-8-6-14(7-9-16)12-15(13-18)17-5-3-4-10-19-17/h1,3-10,12H,11H2/b15-12+. The minimum Gasteiger partial charge on any atom is -0.481 e. The zero-order chi connectivity index (χ0) is 14.2. The number of pyridine rings is 1. The molecule has 0 bridgehead atoms. The van der Waals surface area contributed by atoms with Crippen LogP contribution in [-0.2, 0) is 0 Å². The summed E-state index contributed by atoms with van der Waals surface area (Å²) in [6.45, 7) is 0.243. The van der Waals surface area contributed by atoms with Gasteiger partial charge in [0, 0.05) is 6.20 Å². The Morgan fingerprint density at radius 3 is 2.65 bits per heavy atom. The Balaban J connectivity index is 2.21. The molecule has 2 aromatic rings. The maximum atomic E-state index is 9.21. The number of nitriles is 1. The smallest absolute Gasteiger partial charge is 0.148 e. The normalized spacial score (nSPS) is 10.4. The van der Waals surface area contributed by atoms with Gasteiger partial charge in [0.2, 0.25) is 0 Å². The lowest BCUT2D eigenvalue weighted by atomic mass is 10.1. The molecule has 0 unspecified atom stereocenters. The molecule has 0 spiro atoms. The highest BCUT2D eigenvalue weighted by molar-refractivity contribution is 5.88. The summed E-state index contributed by atoms with van der Waals surface area (Å²) in [5, 5.41) is 9.21. The largest absolute Gasteiger partial charge is 0.481 e. The quantitative estimate of drug-likeness (QED) is 0.626. The summed E-state index contributed by atoms with van der Waals surface area (Å²) >= 11 is 0. The highest BCUT2D eigenvalue weighted by Crippen LogP contribution is 2.18. The van der Waals surface area contributed by atoms with E-state index in [1.807, 2.05) is 36.4 Å². The molecule has 20 heavy (non-hydrogen) atoms. The SMILES string of the molecule is C#CCOc1ccc(/C=C(\C#N)c2ccccn2)cc1. The van der Waals surface area contributed by atoms with Crippen LogP contribution < -0.4 is 4.74 Å². The molecule has 0 atom stereocenters.